The molecule has 0 saturated carbocycles. The Balaban J connectivity index is 2.29. The highest BCUT2D eigenvalue weighted by Gasteiger charge is 2.24. The molecule has 1 rings (SSSR count). The maximum absolute atomic E-state index is 12.0. The van der Waals surface area contributed by atoms with Crippen molar-refractivity contribution < 1.29 is 4.79 Å². The fourth-order valence-electron chi connectivity index (χ4n) is 2.80. The summed E-state index contributed by atoms with van der Waals surface area (Å²) in [6, 6.07) is 0.502. The predicted molar refractivity (Wildman–Crippen MR) is 80.0 cm³/mol. The van der Waals surface area contributed by atoms with Crippen LogP contribution in [0.15, 0.2) is 0 Å². The minimum Gasteiger partial charge on any atom is -0.340 e. The van der Waals surface area contributed by atoms with Crippen LogP contribution in [-0.2, 0) is 4.79 Å². The lowest BCUT2D eigenvalue weighted by Gasteiger charge is -2.39. The molecular weight excluding hydrogens is 238 g/mol. The number of hydrogen-bond donors (Lipinski definition) is 1. The summed E-state index contributed by atoms with van der Waals surface area (Å²) in [4.78, 5) is 16.5. The molecule has 0 bridgehead atoms. The van der Waals surface area contributed by atoms with Gasteiger partial charge < -0.3 is 10.6 Å². The summed E-state index contributed by atoms with van der Waals surface area (Å²) in [6.07, 6.45) is 6.45. The van der Waals surface area contributed by atoms with Crippen LogP contribution in [0.25, 0.3) is 0 Å². The molecule has 4 heteroatoms. The summed E-state index contributed by atoms with van der Waals surface area (Å²) in [5.41, 5.74) is 5.84. The summed E-state index contributed by atoms with van der Waals surface area (Å²) < 4.78 is 0. The predicted octanol–water partition coefficient (Wildman–Crippen LogP) is 1.84. The van der Waals surface area contributed by atoms with Gasteiger partial charge in [0.2, 0.25) is 5.91 Å². The molecule has 0 spiro atoms. The number of carbonyl (C=O) groups excluding carboxylic acids is 1. The zero-order valence-electron chi connectivity index (χ0n) is 12.7. The van der Waals surface area contributed by atoms with Gasteiger partial charge in [-0.05, 0) is 12.8 Å². The van der Waals surface area contributed by atoms with Crippen molar-refractivity contribution in [1.29, 1.82) is 0 Å². The molecule has 1 amide bonds. The summed E-state index contributed by atoms with van der Waals surface area (Å²) >= 11 is 0. The largest absolute Gasteiger partial charge is 0.340 e. The SMILES string of the molecule is CCCCCC(=O)N1CCN(C(CN)CCC)CC1. The van der Waals surface area contributed by atoms with E-state index in [0.717, 1.165) is 52.0 Å². The summed E-state index contributed by atoms with van der Waals surface area (Å²) in [5, 5.41) is 0. The van der Waals surface area contributed by atoms with Crippen molar-refractivity contribution in [1.82, 2.24) is 9.80 Å². The van der Waals surface area contributed by atoms with E-state index in [9.17, 15) is 4.79 Å². The van der Waals surface area contributed by atoms with Crippen LogP contribution in [0, 0.1) is 0 Å². The van der Waals surface area contributed by atoms with Gasteiger partial charge in [0.25, 0.3) is 0 Å². The van der Waals surface area contributed by atoms with E-state index < -0.39 is 0 Å². The maximum atomic E-state index is 12.0. The Labute approximate surface area is 118 Å². The van der Waals surface area contributed by atoms with Crippen LogP contribution in [0.5, 0.6) is 0 Å². The Morgan fingerprint density at radius 3 is 2.32 bits per heavy atom. The Morgan fingerprint density at radius 2 is 1.79 bits per heavy atom. The van der Waals surface area contributed by atoms with Gasteiger partial charge in [-0.2, -0.15) is 0 Å². The molecule has 1 aliphatic heterocycles. The molecule has 0 aromatic rings. The molecule has 0 aromatic carbocycles. The molecule has 1 heterocycles. The van der Waals surface area contributed by atoms with E-state index in [2.05, 4.69) is 18.7 Å². The smallest absolute Gasteiger partial charge is 0.222 e. The topological polar surface area (TPSA) is 49.6 Å². The van der Waals surface area contributed by atoms with E-state index in [0.29, 0.717) is 11.9 Å². The first kappa shape index (κ1) is 16.4. The second kappa shape index (κ2) is 9.32. The molecule has 1 saturated heterocycles. The normalized spacial score (nSPS) is 18.6. The minimum atomic E-state index is 0.341. The van der Waals surface area contributed by atoms with Crippen LogP contribution in [0.3, 0.4) is 0 Å². The lowest BCUT2D eigenvalue weighted by molar-refractivity contribution is -0.133. The zero-order valence-corrected chi connectivity index (χ0v) is 12.7. The van der Waals surface area contributed by atoms with Crippen LogP contribution in [0.2, 0.25) is 0 Å². The van der Waals surface area contributed by atoms with Gasteiger partial charge in [0.05, 0.1) is 0 Å². The summed E-state index contributed by atoms with van der Waals surface area (Å²) in [5.74, 6) is 0.341. The molecule has 0 aliphatic carbocycles. The highest BCUT2D eigenvalue weighted by molar-refractivity contribution is 5.76. The molecule has 0 radical (unpaired) electrons. The van der Waals surface area contributed by atoms with E-state index in [1.807, 2.05) is 4.90 Å². The molecule has 1 unspecified atom stereocenters. The van der Waals surface area contributed by atoms with Crippen LogP contribution in [0.4, 0.5) is 0 Å². The third-order valence-corrected chi connectivity index (χ3v) is 4.07. The third-order valence-electron chi connectivity index (χ3n) is 4.07. The van der Waals surface area contributed by atoms with E-state index >= 15 is 0 Å². The van der Waals surface area contributed by atoms with Crippen molar-refractivity contribution in [2.75, 3.05) is 32.7 Å². The number of piperazine rings is 1. The Morgan fingerprint density at radius 1 is 1.11 bits per heavy atom. The van der Waals surface area contributed by atoms with E-state index in [-0.39, 0.29) is 0 Å². The molecular formula is C15H31N3O. The maximum Gasteiger partial charge on any atom is 0.222 e. The molecule has 1 fully saturated rings. The quantitative estimate of drug-likeness (QED) is 0.684. The number of nitrogens with zero attached hydrogens (tertiary/aromatic N) is 2. The fourth-order valence-corrected chi connectivity index (χ4v) is 2.80. The zero-order chi connectivity index (χ0) is 14.1. The minimum absolute atomic E-state index is 0.341. The first-order valence-corrected chi connectivity index (χ1v) is 7.94. The van der Waals surface area contributed by atoms with Crippen LogP contribution >= 0.6 is 0 Å². The van der Waals surface area contributed by atoms with Gasteiger partial charge in [-0.3, -0.25) is 9.69 Å². The van der Waals surface area contributed by atoms with Gasteiger partial charge in [-0.1, -0.05) is 33.1 Å². The number of carbonyl (C=O) groups is 1. The second-order valence-electron chi connectivity index (χ2n) is 5.55. The number of hydrogen-bond acceptors (Lipinski definition) is 3. The van der Waals surface area contributed by atoms with Gasteiger partial charge in [-0.15, -0.1) is 0 Å². The molecule has 1 atom stereocenters. The van der Waals surface area contributed by atoms with Crippen LogP contribution in [-0.4, -0.2) is 54.5 Å². The first-order chi connectivity index (χ1) is 9.22. The number of rotatable bonds is 8. The van der Waals surface area contributed by atoms with Crippen molar-refractivity contribution in [2.24, 2.45) is 5.73 Å². The van der Waals surface area contributed by atoms with Gasteiger partial charge in [0.15, 0.2) is 0 Å². The van der Waals surface area contributed by atoms with Crippen molar-refractivity contribution >= 4 is 5.91 Å². The molecule has 1 aliphatic rings. The average Bonchev–Trinajstić information content (AvgIpc) is 2.45. The molecule has 19 heavy (non-hydrogen) atoms. The average molecular weight is 269 g/mol. The Bertz CT molecular complexity index is 250. The highest BCUT2D eigenvalue weighted by atomic mass is 16.2. The van der Waals surface area contributed by atoms with Gasteiger partial charge in [-0.25, -0.2) is 0 Å². The van der Waals surface area contributed by atoms with E-state index in [1.165, 1.54) is 19.3 Å². The van der Waals surface area contributed by atoms with Gasteiger partial charge in [0, 0.05) is 45.2 Å². The summed E-state index contributed by atoms with van der Waals surface area (Å²) in [7, 11) is 0. The van der Waals surface area contributed by atoms with E-state index in [4.69, 9.17) is 5.73 Å². The Hall–Kier alpha value is -0.610. The second-order valence-corrected chi connectivity index (χ2v) is 5.55. The molecule has 4 nitrogen and oxygen atoms in total. The Kier molecular flexibility index (Phi) is 8.07. The third kappa shape index (κ3) is 5.49. The highest BCUT2D eigenvalue weighted by Crippen LogP contribution is 2.12. The van der Waals surface area contributed by atoms with Crippen molar-refractivity contribution in [3.05, 3.63) is 0 Å². The lowest BCUT2D eigenvalue weighted by Crippen LogP contribution is -2.53. The van der Waals surface area contributed by atoms with E-state index in [1.54, 1.807) is 0 Å². The molecule has 2 N–H and O–H groups in total. The van der Waals surface area contributed by atoms with Crippen molar-refractivity contribution in [2.45, 2.75) is 58.4 Å². The monoisotopic (exact) mass is 269 g/mol. The number of amides is 1. The molecule has 112 valence electrons. The van der Waals surface area contributed by atoms with Crippen molar-refractivity contribution in [3.8, 4) is 0 Å². The molecule has 0 aromatic heterocycles. The van der Waals surface area contributed by atoms with Crippen LogP contribution in [0.1, 0.15) is 52.4 Å². The first-order valence-electron chi connectivity index (χ1n) is 7.94. The van der Waals surface area contributed by atoms with Crippen LogP contribution < -0.4 is 5.73 Å². The summed E-state index contributed by atoms with van der Waals surface area (Å²) in [6.45, 7) is 8.84. The van der Waals surface area contributed by atoms with Gasteiger partial charge >= 0.3 is 0 Å². The fraction of sp³-hybridized carbons (Fsp3) is 0.933. The number of unbranched alkanes of at least 4 members (excludes halogenated alkanes) is 2. The van der Waals surface area contributed by atoms with Crippen molar-refractivity contribution in [3.63, 3.8) is 0 Å². The number of nitrogens with two attached hydrogens (primary N) is 1. The van der Waals surface area contributed by atoms with Gasteiger partial charge in [0.1, 0.15) is 0 Å². The standard InChI is InChI=1S/C15H31N3O/c1-3-5-6-8-15(19)18-11-9-17(10-12-18)14(13-16)7-4-2/h14H,3-13,16H2,1-2H3. The lowest BCUT2D eigenvalue weighted by atomic mass is 10.1.